The second-order valence-electron chi connectivity index (χ2n) is 4.66. The molecule has 6 heteroatoms. The number of amides is 1. The van der Waals surface area contributed by atoms with Crippen LogP contribution in [0.4, 0.5) is 4.39 Å². The van der Waals surface area contributed by atoms with E-state index in [-0.39, 0.29) is 18.9 Å². The van der Waals surface area contributed by atoms with Crippen LogP contribution in [0.25, 0.3) is 0 Å². The summed E-state index contributed by atoms with van der Waals surface area (Å²) in [5.74, 6) is -1.91. The van der Waals surface area contributed by atoms with E-state index < -0.39 is 18.2 Å². The zero-order valence-corrected chi connectivity index (χ0v) is 11.1. The molecule has 0 radical (unpaired) electrons. The van der Waals surface area contributed by atoms with Crippen LogP contribution in [0.5, 0.6) is 0 Å². The minimum atomic E-state index is -2.35. The van der Waals surface area contributed by atoms with Crippen LogP contribution in [0.2, 0.25) is 5.02 Å². The molecular weight excluding hydrogens is 273 g/mol. The van der Waals surface area contributed by atoms with E-state index in [4.69, 9.17) is 16.7 Å². The normalized spacial score (nSPS) is 22.6. The van der Waals surface area contributed by atoms with Crippen LogP contribution >= 0.6 is 11.6 Å². The molecule has 1 N–H and O–H groups in total. The van der Waals surface area contributed by atoms with Crippen molar-refractivity contribution in [3.8, 4) is 0 Å². The molecule has 0 bridgehead atoms. The number of aliphatic carboxylic acids is 1. The summed E-state index contributed by atoms with van der Waals surface area (Å²) in [5.41, 5.74) is -1.36. The molecular formula is C13H13ClFNO3. The smallest absolute Gasteiger partial charge is 0.343 e. The zero-order valence-electron chi connectivity index (χ0n) is 10.3. The Kier molecular flexibility index (Phi) is 3.49. The zero-order chi connectivity index (χ0) is 14.2. The first kappa shape index (κ1) is 13.8. The van der Waals surface area contributed by atoms with Crippen molar-refractivity contribution in [2.45, 2.75) is 19.0 Å². The number of benzene rings is 1. The summed E-state index contributed by atoms with van der Waals surface area (Å²) in [6.07, 6.45) is -0.187. The predicted octanol–water partition coefficient (Wildman–Crippen LogP) is 2.29. The summed E-state index contributed by atoms with van der Waals surface area (Å²) in [6, 6.07) is 4.90. The number of hydrogen-bond acceptors (Lipinski definition) is 2. The number of likely N-dealkylation sites (tertiary alicyclic amines) is 1. The number of carbonyl (C=O) groups excluding carboxylic acids is 1. The monoisotopic (exact) mass is 285 g/mol. The molecule has 1 heterocycles. The number of carboxylic acid groups (broad SMARTS) is 1. The summed E-state index contributed by atoms with van der Waals surface area (Å²) < 4.78 is 13.9. The van der Waals surface area contributed by atoms with Crippen molar-refractivity contribution < 1.29 is 19.1 Å². The van der Waals surface area contributed by atoms with E-state index in [0.29, 0.717) is 16.1 Å². The Morgan fingerprint density at radius 2 is 2.16 bits per heavy atom. The topological polar surface area (TPSA) is 57.6 Å². The second-order valence-corrected chi connectivity index (χ2v) is 5.07. The number of hydrogen-bond donors (Lipinski definition) is 1. The highest BCUT2D eigenvalue weighted by Gasteiger charge is 2.47. The van der Waals surface area contributed by atoms with Gasteiger partial charge in [0.2, 0.25) is 5.67 Å². The highest BCUT2D eigenvalue weighted by Crippen LogP contribution is 2.28. The lowest BCUT2D eigenvalue weighted by Gasteiger charge is -2.19. The third kappa shape index (κ3) is 2.42. The highest BCUT2D eigenvalue weighted by molar-refractivity contribution is 6.31. The average molecular weight is 286 g/mol. The van der Waals surface area contributed by atoms with Gasteiger partial charge in [-0.15, -0.1) is 0 Å². The number of halogens is 2. The Morgan fingerprint density at radius 1 is 1.47 bits per heavy atom. The molecule has 1 aliphatic rings. The molecule has 1 aromatic rings. The van der Waals surface area contributed by atoms with Gasteiger partial charge < -0.3 is 10.0 Å². The van der Waals surface area contributed by atoms with Gasteiger partial charge in [-0.2, -0.15) is 0 Å². The molecule has 1 aromatic carbocycles. The summed E-state index contributed by atoms with van der Waals surface area (Å²) in [6.45, 7) is 1.37. The van der Waals surface area contributed by atoms with Crippen molar-refractivity contribution >= 4 is 23.5 Å². The van der Waals surface area contributed by atoms with Gasteiger partial charge in [0.25, 0.3) is 5.91 Å². The quantitative estimate of drug-likeness (QED) is 0.907. The van der Waals surface area contributed by atoms with E-state index in [1.807, 2.05) is 0 Å². The fourth-order valence-corrected chi connectivity index (χ4v) is 2.30. The molecule has 0 spiro atoms. The van der Waals surface area contributed by atoms with Crippen molar-refractivity contribution in [1.82, 2.24) is 4.90 Å². The van der Waals surface area contributed by atoms with Crippen molar-refractivity contribution in [1.29, 1.82) is 0 Å². The predicted molar refractivity (Wildman–Crippen MR) is 68.2 cm³/mol. The first-order valence-electron chi connectivity index (χ1n) is 5.82. The van der Waals surface area contributed by atoms with Gasteiger partial charge in [-0.25, -0.2) is 9.18 Å². The van der Waals surface area contributed by atoms with Crippen LogP contribution in [0.1, 0.15) is 22.3 Å². The van der Waals surface area contributed by atoms with Crippen LogP contribution < -0.4 is 0 Å². The molecule has 1 unspecified atom stereocenters. The number of rotatable bonds is 2. The first-order chi connectivity index (χ1) is 8.85. The van der Waals surface area contributed by atoms with E-state index in [9.17, 15) is 14.0 Å². The third-order valence-electron chi connectivity index (χ3n) is 3.39. The van der Waals surface area contributed by atoms with Crippen molar-refractivity contribution in [2.24, 2.45) is 0 Å². The molecule has 0 aromatic heterocycles. The molecule has 0 aliphatic carbocycles. The van der Waals surface area contributed by atoms with Crippen LogP contribution in [0, 0.1) is 6.92 Å². The van der Waals surface area contributed by atoms with Crippen molar-refractivity contribution in [3.63, 3.8) is 0 Å². The van der Waals surface area contributed by atoms with Gasteiger partial charge in [0.1, 0.15) is 0 Å². The van der Waals surface area contributed by atoms with E-state index in [1.165, 1.54) is 4.90 Å². The number of carboxylic acids is 1. The molecule has 1 amide bonds. The van der Waals surface area contributed by atoms with Gasteiger partial charge in [-0.05, 0) is 24.6 Å². The van der Waals surface area contributed by atoms with Gasteiger partial charge in [-0.3, -0.25) is 4.79 Å². The molecule has 19 heavy (non-hydrogen) atoms. The molecule has 102 valence electrons. The summed E-state index contributed by atoms with van der Waals surface area (Å²) in [5, 5.41) is 9.26. The van der Waals surface area contributed by atoms with Crippen LogP contribution in [0.3, 0.4) is 0 Å². The summed E-state index contributed by atoms with van der Waals surface area (Å²) >= 11 is 5.93. The van der Waals surface area contributed by atoms with Crippen molar-refractivity contribution in [3.05, 3.63) is 34.3 Å². The molecule has 1 atom stereocenters. The van der Waals surface area contributed by atoms with E-state index in [1.54, 1.807) is 25.1 Å². The summed E-state index contributed by atoms with van der Waals surface area (Å²) in [7, 11) is 0. The molecule has 4 nitrogen and oxygen atoms in total. The SMILES string of the molecule is Cc1c(Cl)cccc1C(=O)N1CCC(F)(C(=O)O)C1. The first-order valence-corrected chi connectivity index (χ1v) is 6.19. The fraction of sp³-hybridized carbons (Fsp3) is 0.385. The average Bonchev–Trinajstić information content (AvgIpc) is 2.76. The Morgan fingerprint density at radius 3 is 2.74 bits per heavy atom. The number of carbonyl (C=O) groups is 2. The maximum absolute atomic E-state index is 13.9. The number of nitrogens with zero attached hydrogens (tertiary/aromatic N) is 1. The lowest BCUT2D eigenvalue weighted by atomic mass is 10.1. The minimum absolute atomic E-state index is 0.0909. The highest BCUT2D eigenvalue weighted by atomic mass is 35.5. The van der Waals surface area contributed by atoms with E-state index in [2.05, 4.69) is 0 Å². The Hall–Kier alpha value is -1.62. The lowest BCUT2D eigenvalue weighted by molar-refractivity contribution is -0.149. The minimum Gasteiger partial charge on any atom is -0.479 e. The van der Waals surface area contributed by atoms with Gasteiger partial charge >= 0.3 is 5.97 Å². The van der Waals surface area contributed by atoms with Gasteiger partial charge in [-0.1, -0.05) is 17.7 Å². The largest absolute Gasteiger partial charge is 0.479 e. The lowest BCUT2D eigenvalue weighted by Crippen LogP contribution is -2.39. The molecule has 2 rings (SSSR count). The van der Waals surface area contributed by atoms with Gasteiger partial charge in [0.15, 0.2) is 0 Å². The number of alkyl halides is 1. The summed E-state index contributed by atoms with van der Waals surface area (Å²) in [4.78, 5) is 24.3. The molecule has 0 saturated carbocycles. The fourth-order valence-electron chi connectivity index (χ4n) is 2.13. The van der Waals surface area contributed by atoms with Gasteiger partial charge in [0.05, 0.1) is 6.54 Å². The Balaban J connectivity index is 2.23. The Labute approximate surface area is 114 Å². The van der Waals surface area contributed by atoms with Crippen molar-refractivity contribution in [2.75, 3.05) is 13.1 Å². The molecule has 1 fully saturated rings. The standard InChI is InChI=1S/C13H13ClFNO3/c1-8-9(3-2-4-10(8)14)11(17)16-6-5-13(15,7-16)12(18)19/h2-4H,5-7H2,1H3,(H,18,19). The van der Waals surface area contributed by atoms with Gasteiger partial charge in [0, 0.05) is 23.6 Å². The third-order valence-corrected chi connectivity index (χ3v) is 3.80. The maximum atomic E-state index is 13.9. The maximum Gasteiger partial charge on any atom is 0.343 e. The van der Waals surface area contributed by atoms with Crippen LogP contribution in [-0.4, -0.2) is 40.6 Å². The van der Waals surface area contributed by atoms with Crippen LogP contribution in [-0.2, 0) is 4.79 Å². The Bertz CT molecular complexity index is 549. The molecule has 1 saturated heterocycles. The van der Waals surface area contributed by atoms with Crippen LogP contribution in [0.15, 0.2) is 18.2 Å². The second kappa shape index (κ2) is 4.81. The van der Waals surface area contributed by atoms with E-state index in [0.717, 1.165) is 0 Å². The van der Waals surface area contributed by atoms with E-state index >= 15 is 0 Å². The molecule has 1 aliphatic heterocycles.